The van der Waals surface area contributed by atoms with Gasteiger partial charge in [0.05, 0.1) is 0 Å². The highest BCUT2D eigenvalue weighted by molar-refractivity contribution is 7.86. The van der Waals surface area contributed by atoms with Crippen molar-refractivity contribution in [3.05, 3.63) is 35.4 Å². The van der Waals surface area contributed by atoms with Crippen molar-refractivity contribution in [2.24, 2.45) is 5.41 Å². The van der Waals surface area contributed by atoms with Crippen LogP contribution in [0, 0.1) is 5.41 Å². The summed E-state index contributed by atoms with van der Waals surface area (Å²) in [6.07, 6.45) is 2.83. The van der Waals surface area contributed by atoms with Crippen molar-refractivity contribution >= 4 is 16.1 Å². The second-order valence-electron chi connectivity index (χ2n) is 7.21. The Hall–Kier alpha value is -1.44. The zero-order valence-electron chi connectivity index (χ0n) is 13.7. The van der Waals surface area contributed by atoms with Gasteiger partial charge in [-0.2, -0.15) is 17.0 Å². The lowest BCUT2D eigenvalue weighted by Crippen LogP contribution is -2.50. The van der Waals surface area contributed by atoms with Crippen LogP contribution in [0.15, 0.2) is 24.3 Å². The van der Waals surface area contributed by atoms with Crippen LogP contribution in [-0.2, 0) is 28.0 Å². The molecule has 1 amide bonds. The molecule has 0 unspecified atom stereocenters. The molecule has 24 heavy (non-hydrogen) atoms. The van der Waals surface area contributed by atoms with Gasteiger partial charge >= 0.3 is 0 Å². The van der Waals surface area contributed by atoms with Gasteiger partial charge in [0.2, 0.25) is 5.91 Å². The SMILES string of the molecule is O=C1CC2(CCN(S(=O)(=O)N3CCc4ccccc4C3)CC2)CN1. The number of fused-ring (bicyclic) bond motifs is 1. The molecule has 1 aromatic rings. The van der Waals surface area contributed by atoms with Gasteiger partial charge in [0.1, 0.15) is 0 Å². The Morgan fingerprint density at radius 1 is 1.00 bits per heavy atom. The highest BCUT2D eigenvalue weighted by Gasteiger charge is 2.44. The number of carbonyl (C=O) groups excluding carboxylic acids is 1. The Kier molecular flexibility index (Phi) is 3.89. The molecule has 1 aromatic carbocycles. The number of piperidine rings is 1. The zero-order chi connectivity index (χ0) is 16.8. The molecule has 0 atom stereocenters. The van der Waals surface area contributed by atoms with Crippen LogP contribution in [0.3, 0.4) is 0 Å². The highest BCUT2D eigenvalue weighted by Crippen LogP contribution is 2.38. The third-order valence-electron chi connectivity index (χ3n) is 5.73. The number of nitrogens with one attached hydrogen (secondary N) is 1. The summed E-state index contributed by atoms with van der Waals surface area (Å²) in [6.45, 7) is 2.71. The maximum atomic E-state index is 13.0. The Morgan fingerprint density at radius 2 is 1.71 bits per heavy atom. The first kappa shape index (κ1) is 16.1. The molecule has 7 heteroatoms. The first-order valence-corrected chi connectivity index (χ1v) is 9.97. The number of carbonyl (C=O) groups is 1. The predicted molar refractivity (Wildman–Crippen MR) is 90.3 cm³/mol. The minimum Gasteiger partial charge on any atom is -0.356 e. The second kappa shape index (κ2) is 5.82. The highest BCUT2D eigenvalue weighted by atomic mass is 32.2. The fourth-order valence-electron chi connectivity index (χ4n) is 4.13. The maximum absolute atomic E-state index is 13.0. The van der Waals surface area contributed by atoms with E-state index in [0.29, 0.717) is 39.1 Å². The molecule has 6 nitrogen and oxygen atoms in total. The van der Waals surface area contributed by atoms with Crippen LogP contribution in [0.2, 0.25) is 0 Å². The van der Waals surface area contributed by atoms with Gasteiger partial charge in [0, 0.05) is 39.1 Å². The molecule has 0 radical (unpaired) electrons. The van der Waals surface area contributed by atoms with Gasteiger partial charge in [-0.3, -0.25) is 4.79 Å². The Labute approximate surface area is 143 Å². The summed E-state index contributed by atoms with van der Waals surface area (Å²) in [5.74, 6) is 0.0962. The lowest BCUT2D eigenvalue weighted by molar-refractivity contribution is -0.119. The fourth-order valence-corrected chi connectivity index (χ4v) is 5.72. The third-order valence-corrected chi connectivity index (χ3v) is 7.71. The summed E-state index contributed by atoms with van der Waals surface area (Å²) < 4.78 is 29.2. The van der Waals surface area contributed by atoms with E-state index in [1.54, 1.807) is 8.61 Å². The molecule has 3 heterocycles. The monoisotopic (exact) mass is 349 g/mol. The van der Waals surface area contributed by atoms with Crippen LogP contribution in [0.1, 0.15) is 30.4 Å². The van der Waals surface area contributed by atoms with E-state index in [2.05, 4.69) is 11.4 Å². The van der Waals surface area contributed by atoms with Crippen molar-refractivity contribution in [2.45, 2.75) is 32.2 Å². The fraction of sp³-hybridized carbons (Fsp3) is 0.588. The van der Waals surface area contributed by atoms with Crippen LogP contribution in [0.5, 0.6) is 0 Å². The minimum atomic E-state index is -3.43. The van der Waals surface area contributed by atoms with Crippen molar-refractivity contribution in [2.75, 3.05) is 26.2 Å². The summed E-state index contributed by atoms with van der Waals surface area (Å²) >= 11 is 0. The molecule has 130 valence electrons. The summed E-state index contributed by atoms with van der Waals surface area (Å²) in [4.78, 5) is 11.5. The first-order chi connectivity index (χ1) is 11.5. The summed E-state index contributed by atoms with van der Waals surface area (Å²) in [5, 5.41) is 2.89. The van der Waals surface area contributed by atoms with E-state index in [0.717, 1.165) is 24.8 Å². The number of amides is 1. The van der Waals surface area contributed by atoms with Gasteiger partial charge in [-0.1, -0.05) is 24.3 Å². The normalized spacial score (nSPS) is 24.8. The quantitative estimate of drug-likeness (QED) is 0.862. The predicted octanol–water partition coefficient (Wildman–Crippen LogP) is 0.892. The van der Waals surface area contributed by atoms with Gasteiger partial charge in [0.15, 0.2) is 0 Å². The number of rotatable bonds is 2. The van der Waals surface area contributed by atoms with Gasteiger partial charge in [-0.05, 0) is 35.8 Å². The Balaban J connectivity index is 1.46. The molecule has 0 bridgehead atoms. The van der Waals surface area contributed by atoms with Crippen molar-refractivity contribution < 1.29 is 13.2 Å². The average Bonchev–Trinajstić information content (AvgIpc) is 2.95. The molecule has 3 aliphatic heterocycles. The zero-order valence-corrected chi connectivity index (χ0v) is 14.5. The van der Waals surface area contributed by atoms with Crippen LogP contribution in [-0.4, -0.2) is 49.1 Å². The number of benzene rings is 1. The summed E-state index contributed by atoms with van der Waals surface area (Å²) in [5.41, 5.74) is 2.32. The van der Waals surface area contributed by atoms with Crippen LogP contribution >= 0.6 is 0 Å². The van der Waals surface area contributed by atoms with Crippen LogP contribution in [0.4, 0.5) is 0 Å². The van der Waals surface area contributed by atoms with Crippen LogP contribution in [0.25, 0.3) is 0 Å². The summed E-state index contributed by atoms with van der Waals surface area (Å²) in [7, 11) is -3.43. The third kappa shape index (κ3) is 2.74. The van der Waals surface area contributed by atoms with E-state index in [1.807, 2.05) is 18.2 Å². The number of nitrogens with zero attached hydrogens (tertiary/aromatic N) is 2. The molecular formula is C17H23N3O3S. The lowest BCUT2D eigenvalue weighted by atomic mass is 9.78. The van der Waals surface area contributed by atoms with Crippen molar-refractivity contribution in [3.8, 4) is 0 Å². The second-order valence-corrected chi connectivity index (χ2v) is 9.14. The Bertz CT molecular complexity index is 754. The van der Waals surface area contributed by atoms with E-state index < -0.39 is 10.2 Å². The van der Waals surface area contributed by atoms with E-state index in [1.165, 1.54) is 5.56 Å². The molecule has 2 fully saturated rings. The van der Waals surface area contributed by atoms with E-state index >= 15 is 0 Å². The maximum Gasteiger partial charge on any atom is 0.282 e. The molecule has 1 N–H and O–H groups in total. The smallest absolute Gasteiger partial charge is 0.282 e. The molecule has 0 aliphatic carbocycles. The molecule has 0 aromatic heterocycles. The minimum absolute atomic E-state index is 0.0302. The van der Waals surface area contributed by atoms with Gasteiger partial charge < -0.3 is 5.32 Å². The number of hydrogen-bond acceptors (Lipinski definition) is 3. The van der Waals surface area contributed by atoms with Gasteiger partial charge in [-0.25, -0.2) is 0 Å². The van der Waals surface area contributed by atoms with E-state index in [-0.39, 0.29) is 11.3 Å². The van der Waals surface area contributed by atoms with Crippen molar-refractivity contribution in [1.29, 1.82) is 0 Å². The van der Waals surface area contributed by atoms with Gasteiger partial charge in [-0.15, -0.1) is 0 Å². The topological polar surface area (TPSA) is 69.7 Å². The molecular weight excluding hydrogens is 326 g/mol. The molecule has 3 aliphatic rings. The molecule has 4 rings (SSSR count). The largest absolute Gasteiger partial charge is 0.356 e. The lowest BCUT2D eigenvalue weighted by Gasteiger charge is -2.40. The van der Waals surface area contributed by atoms with E-state index in [4.69, 9.17) is 0 Å². The van der Waals surface area contributed by atoms with Crippen LogP contribution < -0.4 is 5.32 Å². The number of hydrogen-bond donors (Lipinski definition) is 1. The summed E-state index contributed by atoms with van der Waals surface area (Å²) in [6, 6.07) is 8.06. The first-order valence-electron chi connectivity index (χ1n) is 8.57. The van der Waals surface area contributed by atoms with E-state index in [9.17, 15) is 13.2 Å². The molecule has 1 spiro atoms. The molecule has 0 saturated carbocycles. The van der Waals surface area contributed by atoms with Crippen molar-refractivity contribution in [3.63, 3.8) is 0 Å². The average molecular weight is 349 g/mol. The standard InChI is InChI=1S/C17H23N3O3S/c21-16-11-17(13-18-16)6-9-19(10-7-17)24(22,23)20-8-5-14-3-1-2-4-15(14)12-20/h1-4H,5-13H2,(H,18,21). The molecule has 2 saturated heterocycles. The van der Waals surface area contributed by atoms with Crippen molar-refractivity contribution in [1.82, 2.24) is 13.9 Å². The Morgan fingerprint density at radius 3 is 2.38 bits per heavy atom. The van der Waals surface area contributed by atoms with Gasteiger partial charge in [0.25, 0.3) is 10.2 Å².